The number of carbonyl (C=O) groups excluding carboxylic acids is 2. The number of carbonyl (C=O) groups is 2. The van der Waals surface area contributed by atoms with Crippen molar-refractivity contribution in [2.75, 3.05) is 25.0 Å². The Morgan fingerprint density at radius 2 is 1.79 bits per heavy atom. The molecule has 5 N–H and O–H groups in total. The van der Waals surface area contributed by atoms with E-state index in [1.54, 1.807) is 18.2 Å². The van der Waals surface area contributed by atoms with Crippen LogP contribution in [-0.4, -0.2) is 31.6 Å². The highest BCUT2D eigenvalue weighted by atomic mass is 35.5. The fourth-order valence-electron chi connectivity index (χ4n) is 1.28. The molecule has 0 heterocycles. The van der Waals surface area contributed by atoms with Crippen molar-refractivity contribution in [3.63, 3.8) is 0 Å². The highest BCUT2D eigenvalue weighted by Gasteiger charge is 2.08. The van der Waals surface area contributed by atoms with Crippen LogP contribution in [0.5, 0.6) is 0 Å². The first kappa shape index (κ1) is 15.6. The van der Waals surface area contributed by atoms with Crippen molar-refractivity contribution in [1.82, 2.24) is 10.6 Å². The van der Waals surface area contributed by atoms with Crippen molar-refractivity contribution in [2.24, 2.45) is 5.73 Å². The van der Waals surface area contributed by atoms with Gasteiger partial charge in [0.25, 0.3) is 0 Å². The van der Waals surface area contributed by atoms with Gasteiger partial charge in [0.2, 0.25) is 5.91 Å². The number of urea groups is 1. The maximum absolute atomic E-state index is 11.6. The first-order chi connectivity index (χ1) is 9.00. The standard InChI is InChI=1S/C11H14Cl2N4O2/c12-7-2-1-3-8(13)10(7)17-9(18)6-15-4-5-16-11(14)19/h1-3,15H,4-6H2,(H,17,18)(H3,14,16,19). The lowest BCUT2D eigenvalue weighted by Crippen LogP contribution is -2.37. The van der Waals surface area contributed by atoms with E-state index in [-0.39, 0.29) is 12.5 Å². The monoisotopic (exact) mass is 304 g/mol. The Morgan fingerprint density at radius 1 is 1.16 bits per heavy atom. The van der Waals surface area contributed by atoms with Crippen molar-refractivity contribution in [3.8, 4) is 0 Å². The molecule has 1 rings (SSSR count). The number of benzene rings is 1. The molecule has 0 fully saturated rings. The van der Waals surface area contributed by atoms with Gasteiger partial charge in [0.05, 0.1) is 22.3 Å². The number of para-hydroxylation sites is 1. The van der Waals surface area contributed by atoms with Gasteiger partial charge in [-0.05, 0) is 12.1 Å². The summed E-state index contributed by atoms with van der Waals surface area (Å²) in [5.41, 5.74) is 5.27. The van der Waals surface area contributed by atoms with Crippen LogP contribution >= 0.6 is 23.2 Å². The van der Waals surface area contributed by atoms with Crippen LogP contribution < -0.4 is 21.7 Å². The van der Waals surface area contributed by atoms with Crippen molar-refractivity contribution in [2.45, 2.75) is 0 Å². The minimum Gasteiger partial charge on any atom is -0.352 e. The summed E-state index contributed by atoms with van der Waals surface area (Å²) in [7, 11) is 0. The van der Waals surface area contributed by atoms with Crippen LogP contribution in [-0.2, 0) is 4.79 Å². The smallest absolute Gasteiger partial charge is 0.312 e. The van der Waals surface area contributed by atoms with Gasteiger partial charge >= 0.3 is 6.03 Å². The highest BCUT2D eigenvalue weighted by Crippen LogP contribution is 2.29. The second-order valence-electron chi connectivity index (χ2n) is 3.61. The molecule has 0 aromatic heterocycles. The van der Waals surface area contributed by atoms with E-state index in [4.69, 9.17) is 28.9 Å². The predicted molar refractivity (Wildman–Crippen MR) is 75.5 cm³/mol. The zero-order valence-corrected chi connectivity index (χ0v) is 11.5. The molecule has 6 nitrogen and oxygen atoms in total. The maximum Gasteiger partial charge on any atom is 0.312 e. The molecular weight excluding hydrogens is 291 g/mol. The SMILES string of the molecule is NC(=O)NCCNCC(=O)Nc1c(Cl)cccc1Cl. The third kappa shape index (κ3) is 5.78. The van der Waals surface area contributed by atoms with E-state index < -0.39 is 6.03 Å². The summed E-state index contributed by atoms with van der Waals surface area (Å²) in [4.78, 5) is 22.0. The lowest BCUT2D eigenvalue weighted by atomic mass is 10.3. The first-order valence-corrected chi connectivity index (χ1v) is 6.24. The molecule has 0 aliphatic rings. The number of nitrogens with two attached hydrogens (primary N) is 1. The zero-order chi connectivity index (χ0) is 14.3. The molecule has 0 aliphatic heterocycles. The molecule has 8 heteroatoms. The summed E-state index contributed by atoms with van der Waals surface area (Å²) < 4.78 is 0. The Labute approximate surface area is 120 Å². The number of hydrogen-bond donors (Lipinski definition) is 4. The number of rotatable bonds is 6. The van der Waals surface area contributed by atoms with Gasteiger partial charge in [0, 0.05) is 13.1 Å². The molecular formula is C11H14Cl2N4O2. The predicted octanol–water partition coefficient (Wildman–Crippen LogP) is 1.19. The third-order valence-electron chi connectivity index (χ3n) is 2.11. The van der Waals surface area contributed by atoms with Gasteiger partial charge in [0.15, 0.2) is 0 Å². The number of amides is 3. The summed E-state index contributed by atoms with van der Waals surface area (Å²) in [6, 6.07) is 4.35. The topological polar surface area (TPSA) is 96.2 Å². The lowest BCUT2D eigenvalue weighted by Gasteiger charge is -2.09. The molecule has 3 amide bonds. The number of halogens is 2. The van der Waals surface area contributed by atoms with Crippen LogP contribution in [0.1, 0.15) is 0 Å². The van der Waals surface area contributed by atoms with Crippen LogP contribution in [0.15, 0.2) is 18.2 Å². The molecule has 0 saturated carbocycles. The Balaban J connectivity index is 2.33. The second-order valence-corrected chi connectivity index (χ2v) is 4.43. The molecule has 0 unspecified atom stereocenters. The number of nitrogens with one attached hydrogen (secondary N) is 3. The number of primary amides is 1. The van der Waals surface area contributed by atoms with Crippen molar-refractivity contribution in [1.29, 1.82) is 0 Å². The van der Waals surface area contributed by atoms with Crippen molar-refractivity contribution in [3.05, 3.63) is 28.2 Å². The quantitative estimate of drug-likeness (QED) is 0.594. The van der Waals surface area contributed by atoms with E-state index in [0.717, 1.165) is 0 Å². The molecule has 0 aliphatic carbocycles. The van der Waals surface area contributed by atoms with E-state index in [9.17, 15) is 9.59 Å². The molecule has 1 aromatic rings. The molecule has 104 valence electrons. The van der Waals surface area contributed by atoms with Gasteiger partial charge in [-0.1, -0.05) is 29.3 Å². The summed E-state index contributed by atoms with van der Waals surface area (Å²) in [6.45, 7) is 0.837. The third-order valence-corrected chi connectivity index (χ3v) is 2.74. The molecule has 1 aromatic carbocycles. The molecule has 0 bridgehead atoms. The highest BCUT2D eigenvalue weighted by molar-refractivity contribution is 6.39. The van der Waals surface area contributed by atoms with Gasteiger partial charge in [-0.15, -0.1) is 0 Å². The summed E-state index contributed by atoms with van der Waals surface area (Å²) >= 11 is 11.8. The van der Waals surface area contributed by atoms with E-state index in [1.807, 2.05) is 0 Å². The Hall–Kier alpha value is -1.50. The Kier molecular flexibility index (Phi) is 6.41. The molecule has 0 saturated heterocycles. The number of hydrogen-bond acceptors (Lipinski definition) is 3. The minimum atomic E-state index is -0.603. The average molecular weight is 305 g/mol. The maximum atomic E-state index is 11.6. The summed E-state index contributed by atoms with van der Waals surface area (Å²) in [5.74, 6) is -0.283. The Morgan fingerprint density at radius 3 is 2.37 bits per heavy atom. The van der Waals surface area contributed by atoms with Gasteiger partial charge in [-0.3, -0.25) is 4.79 Å². The van der Waals surface area contributed by atoms with E-state index in [1.165, 1.54) is 0 Å². The van der Waals surface area contributed by atoms with Crippen molar-refractivity contribution >= 4 is 40.8 Å². The molecule has 0 radical (unpaired) electrons. The van der Waals surface area contributed by atoms with Crippen LogP contribution in [0.2, 0.25) is 10.0 Å². The van der Waals surface area contributed by atoms with Gasteiger partial charge in [-0.2, -0.15) is 0 Å². The van der Waals surface area contributed by atoms with Crippen LogP contribution in [0, 0.1) is 0 Å². The summed E-state index contributed by atoms with van der Waals surface area (Å²) in [6.07, 6.45) is 0. The van der Waals surface area contributed by atoms with E-state index in [0.29, 0.717) is 28.8 Å². The number of anilines is 1. The molecule has 19 heavy (non-hydrogen) atoms. The van der Waals surface area contributed by atoms with E-state index in [2.05, 4.69) is 16.0 Å². The van der Waals surface area contributed by atoms with Crippen LogP contribution in [0.25, 0.3) is 0 Å². The average Bonchev–Trinajstić information content (AvgIpc) is 2.33. The van der Waals surface area contributed by atoms with Gasteiger partial charge in [0.1, 0.15) is 0 Å². The van der Waals surface area contributed by atoms with Gasteiger partial charge < -0.3 is 21.7 Å². The first-order valence-electron chi connectivity index (χ1n) is 5.48. The fraction of sp³-hybridized carbons (Fsp3) is 0.273. The largest absolute Gasteiger partial charge is 0.352 e. The normalized spacial score (nSPS) is 10.0. The minimum absolute atomic E-state index is 0.0714. The van der Waals surface area contributed by atoms with Crippen LogP contribution in [0.3, 0.4) is 0 Å². The summed E-state index contributed by atoms with van der Waals surface area (Å²) in [5, 5.41) is 8.56. The van der Waals surface area contributed by atoms with Gasteiger partial charge in [-0.25, -0.2) is 4.79 Å². The lowest BCUT2D eigenvalue weighted by molar-refractivity contribution is -0.115. The van der Waals surface area contributed by atoms with Crippen LogP contribution in [0.4, 0.5) is 10.5 Å². The Bertz CT molecular complexity index is 448. The van der Waals surface area contributed by atoms with E-state index >= 15 is 0 Å². The zero-order valence-electron chi connectivity index (χ0n) is 10.0. The molecule has 0 spiro atoms. The molecule has 0 atom stereocenters. The van der Waals surface area contributed by atoms with Crippen molar-refractivity contribution < 1.29 is 9.59 Å². The fourth-order valence-corrected chi connectivity index (χ4v) is 1.77. The second kappa shape index (κ2) is 7.83.